The highest BCUT2D eigenvalue weighted by Gasteiger charge is 1.99. The standard InChI is InChI=1S/C6H9N5O/c1-11(2)6-9-5(4-8-12)3-7-10-6/h3-4,12H,1-2H3/b8-4+. The molecule has 0 unspecified atom stereocenters. The Morgan fingerprint density at radius 3 is 2.92 bits per heavy atom. The van der Waals surface area contributed by atoms with Crippen molar-refractivity contribution in [1.82, 2.24) is 15.2 Å². The molecule has 0 aromatic carbocycles. The SMILES string of the molecule is CN(C)c1nncc(/C=N/O)n1. The van der Waals surface area contributed by atoms with Crippen LogP contribution in [-0.4, -0.2) is 40.7 Å². The molecule has 1 N–H and O–H groups in total. The third kappa shape index (κ3) is 1.88. The third-order valence-corrected chi connectivity index (χ3v) is 1.16. The summed E-state index contributed by atoms with van der Waals surface area (Å²) in [6, 6.07) is 0. The molecule has 0 amide bonds. The highest BCUT2D eigenvalue weighted by atomic mass is 16.4. The van der Waals surface area contributed by atoms with Crippen LogP contribution in [0.2, 0.25) is 0 Å². The molecule has 0 spiro atoms. The molecule has 0 aliphatic rings. The Morgan fingerprint density at radius 1 is 1.58 bits per heavy atom. The average molecular weight is 167 g/mol. The molecule has 0 saturated heterocycles. The molecule has 12 heavy (non-hydrogen) atoms. The Kier molecular flexibility index (Phi) is 2.52. The molecule has 1 aromatic heterocycles. The average Bonchev–Trinajstić information content (AvgIpc) is 2.05. The largest absolute Gasteiger partial charge is 0.411 e. The molecule has 0 radical (unpaired) electrons. The van der Waals surface area contributed by atoms with Crippen LogP contribution in [0.1, 0.15) is 5.69 Å². The summed E-state index contributed by atoms with van der Waals surface area (Å²) in [6.45, 7) is 0. The van der Waals surface area contributed by atoms with Gasteiger partial charge in [0.25, 0.3) is 0 Å². The van der Waals surface area contributed by atoms with E-state index >= 15 is 0 Å². The van der Waals surface area contributed by atoms with Gasteiger partial charge in [-0.1, -0.05) is 5.16 Å². The van der Waals surface area contributed by atoms with Crippen LogP contribution in [0.25, 0.3) is 0 Å². The van der Waals surface area contributed by atoms with Gasteiger partial charge in [-0.2, -0.15) is 5.10 Å². The molecule has 0 bridgehead atoms. The molecule has 0 atom stereocenters. The molecule has 0 aliphatic heterocycles. The van der Waals surface area contributed by atoms with Crippen molar-refractivity contribution in [1.29, 1.82) is 0 Å². The summed E-state index contributed by atoms with van der Waals surface area (Å²) >= 11 is 0. The summed E-state index contributed by atoms with van der Waals surface area (Å²) < 4.78 is 0. The monoisotopic (exact) mass is 167 g/mol. The lowest BCUT2D eigenvalue weighted by Crippen LogP contribution is -2.14. The molecule has 1 heterocycles. The molecule has 0 fully saturated rings. The van der Waals surface area contributed by atoms with Gasteiger partial charge in [-0.25, -0.2) is 4.98 Å². The Hall–Kier alpha value is -1.72. The number of hydrogen-bond acceptors (Lipinski definition) is 6. The van der Waals surface area contributed by atoms with E-state index in [1.54, 1.807) is 19.0 Å². The van der Waals surface area contributed by atoms with E-state index in [0.29, 0.717) is 11.6 Å². The fourth-order valence-corrected chi connectivity index (χ4v) is 0.617. The van der Waals surface area contributed by atoms with Crippen LogP contribution in [-0.2, 0) is 0 Å². The predicted octanol–water partition coefficient (Wildman–Crippen LogP) is -0.254. The van der Waals surface area contributed by atoms with E-state index in [9.17, 15) is 0 Å². The van der Waals surface area contributed by atoms with Gasteiger partial charge in [0, 0.05) is 14.1 Å². The number of nitrogens with zero attached hydrogens (tertiary/aromatic N) is 5. The first-order chi connectivity index (χ1) is 5.74. The Morgan fingerprint density at radius 2 is 2.33 bits per heavy atom. The maximum Gasteiger partial charge on any atom is 0.245 e. The maximum absolute atomic E-state index is 8.22. The van der Waals surface area contributed by atoms with E-state index in [2.05, 4.69) is 20.3 Å². The predicted molar refractivity (Wildman–Crippen MR) is 43.5 cm³/mol. The van der Waals surface area contributed by atoms with Crippen molar-refractivity contribution in [2.75, 3.05) is 19.0 Å². The summed E-state index contributed by atoms with van der Waals surface area (Å²) in [5.41, 5.74) is 0.469. The Labute approximate surface area is 69.6 Å². The highest BCUT2D eigenvalue weighted by molar-refractivity contribution is 5.76. The fourth-order valence-electron chi connectivity index (χ4n) is 0.617. The van der Waals surface area contributed by atoms with Crippen molar-refractivity contribution in [3.63, 3.8) is 0 Å². The molecule has 0 saturated carbocycles. The van der Waals surface area contributed by atoms with Crippen LogP contribution in [0.3, 0.4) is 0 Å². The number of oxime groups is 1. The number of hydrogen-bond donors (Lipinski definition) is 1. The molecule has 64 valence electrons. The molecule has 6 nitrogen and oxygen atoms in total. The molecular weight excluding hydrogens is 158 g/mol. The van der Waals surface area contributed by atoms with Crippen molar-refractivity contribution >= 4 is 12.2 Å². The van der Waals surface area contributed by atoms with E-state index in [1.165, 1.54) is 12.4 Å². The molecular formula is C6H9N5O. The van der Waals surface area contributed by atoms with Gasteiger partial charge < -0.3 is 10.1 Å². The number of anilines is 1. The summed E-state index contributed by atoms with van der Waals surface area (Å²) in [5, 5.41) is 18.5. The maximum atomic E-state index is 8.22. The minimum Gasteiger partial charge on any atom is -0.411 e. The van der Waals surface area contributed by atoms with E-state index in [0.717, 1.165) is 0 Å². The normalized spacial score (nSPS) is 10.5. The lowest BCUT2D eigenvalue weighted by Gasteiger charge is -2.07. The van der Waals surface area contributed by atoms with Crippen molar-refractivity contribution in [3.8, 4) is 0 Å². The second-order valence-electron chi connectivity index (χ2n) is 2.32. The summed E-state index contributed by atoms with van der Waals surface area (Å²) in [7, 11) is 3.60. The zero-order valence-corrected chi connectivity index (χ0v) is 6.84. The van der Waals surface area contributed by atoms with Crippen LogP contribution in [0.5, 0.6) is 0 Å². The lowest BCUT2D eigenvalue weighted by molar-refractivity contribution is 0.321. The van der Waals surface area contributed by atoms with Crippen LogP contribution < -0.4 is 4.90 Å². The van der Waals surface area contributed by atoms with E-state index in [4.69, 9.17) is 5.21 Å². The first-order valence-electron chi connectivity index (χ1n) is 3.28. The lowest BCUT2D eigenvalue weighted by atomic mass is 10.5. The topological polar surface area (TPSA) is 74.5 Å². The minimum absolute atomic E-state index is 0.469. The van der Waals surface area contributed by atoms with E-state index in [-0.39, 0.29) is 0 Å². The van der Waals surface area contributed by atoms with E-state index < -0.39 is 0 Å². The van der Waals surface area contributed by atoms with Crippen LogP contribution in [0, 0.1) is 0 Å². The van der Waals surface area contributed by atoms with Gasteiger partial charge in [0.1, 0.15) is 5.69 Å². The zero-order valence-electron chi connectivity index (χ0n) is 6.84. The quantitative estimate of drug-likeness (QED) is 0.373. The highest BCUT2D eigenvalue weighted by Crippen LogP contribution is 1.98. The second kappa shape index (κ2) is 3.61. The zero-order chi connectivity index (χ0) is 8.97. The van der Waals surface area contributed by atoms with Gasteiger partial charge >= 0.3 is 0 Å². The smallest absolute Gasteiger partial charge is 0.245 e. The summed E-state index contributed by atoms with van der Waals surface area (Å²) in [4.78, 5) is 5.72. The first-order valence-corrected chi connectivity index (χ1v) is 3.28. The molecule has 0 aliphatic carbocycles. The number of rotatable bonds is 2. The van der Waals surface area contributed by atoms with Crippen molar-refractivity contribution in [2.45, 2.75) is 0 Å². The Balaban J connectivity index is 2.95. The van der Waals surface area contributed by atoms with Gasteiger partial charge in [-0.3, -0.25) is 0 Å². The van der Waals surface area contributed by atoms with E-state index in [1.807, 2.05) is 0 Å². The van der Waals surface area contributed by atoms with Crippen molar-refractivity contribution in [3.05, 3.63) is 11.9 Å². The van der Waals surface area contributed by atoms with Crippen LogP contribution >= 0.6 is 0 Å². The first kappa shape index (κ1) is 8.38. The van der Waals surface area contributed by atoms with Gasteiger partial charge in [0.05, 0.1) is 12.4 Å². The van der Waals surface area contributed by atoms with Crippen molar-refractivity contribution < 1.29 is 5.21 Å². The second-order valence-corrected chi connectivity index (χ2v) is 2.32. The van der Waals surface area contributed by atoms with Crippen LogP contribution in [0.4, 0.5) is 5.95 Å². The Bertz CT molecular complexity index is 285. The number of aromatic nitrogens is 3. The molecule has 6 heteroatoms. The van der Waals surface area contributed by atoms with Crippen molar-refractivity contribution in [2.24, 2.45) is 5.16 Å². The summed E-state index contributed by atoms with van der Waals surface area (Å²) in [5.74, 6) is 0.479. The third-order valence-electron chi connectivity index (χ3n) is 1.16. The van der Waals surface area contributed by atoms with Gasteiger partial charge in [0.15, 0.2) is 0 Å². The minimum atomic E-state index is 0.469. The van der Waals surface area contributed by atoms with Crippen LogP contribution in [0.15, 0.2) is 11.4 Å². The molecule has 1 rings (SSSR count). The van der Waals surface area contributed by atoms with Gasteiger partial charge in [-0.15, -0.1) is 5.10 Å². The molecule has 1 aromatic rings. The fraction of sp³-hybridized carbons (Fsp3) is 0.333. The van der Waals surface area contributed by atoms with Gasteiger partial charge in [0.2, 0.25) is 5.95 Å². The van der Waals surface area contributed by atoms with Gasteiger partial charge in [-0.05, 0) is 0 Å². The summed E-state index contributed by atoms with van der Waals surface area (Å²) in [6.07, 6.45) is 2.61.